The van der Waals surface area contributed by atoms with Crippen molar-refractivity contribution < 1.29 is 9.53 Å². The van der Waals surface area contributed by atoms with Gasteiger partial charge >= 0.3 is 0 Å². The minimum Gasteiger partial charge on any atom is -0.411 e. The lowest BCUT2D eigenvalue weighted by atomic mass is 10.2. The van der Waals surface area contributed by atoms with Crippen LogP contribution in [-0.4, -0.2) is 26.1 Å². The topological polar surface area (TPSA) is 29.5 Å². The molecule has 90 valence electrons. The Morgan fingerprint density at radius 2 is 1.93 bits per heavy atom. The Morgan fingerprint density at radius 3 is 2.27 bits per heavy atom. The van der Waals surface area contributed by atoms with Gasteiger partial charge in [-0.25, -0.2) is 0 Å². The number of hydrogen-bond donors (Lipinski definition) is 1. The standard InChI is InChI=1S/C12H26O2Si/c1-7-11(9-8-10-13)14-15(5,6)12(2,3)4/h7,11,13H,1,8-10H2,2-6H3. The zero-order valence-electron chi connectivity index (χ0n) is 10.8. The van der Waals surface area contributed by atoms with Crippen molar-refractivity contribution in [3.05, 3.63) is 12.7 Å². The van der Waals surface area contributed by atoms with Crippen molar-refractivity contribution in [1.29, 1.82) is 0 Å². The maximum absolute atomic E-state index is 8.79. The first-order valence-electron chi connectivity index (χ1n) is 5.66. The van der Waals surface area contributed by atoms with Crippen molar-refractivity contribution in [1.82, 2.24) is 0 Å². The lowest BCUT2D eigenvalue weighted by Crippen LogP contribution is -2.43. The Hall–Kier alpha value is -0.123. The van der Waals surface area contributed by atoms with Gasteiger partial charge in [0, 0.05) is 6.61 Å². The monoisotopic (exact) mass is 230 g/mol. The fraction of sp³-hybridized carbons (Fsp3) is 0.833. The summed E-state index contributed by atoms with van der Waals surface area (Å²) < 4.78 is 6.16. The normalized spacial score (nSPS) is 15.1. The molecule has 0 amide bonds. The maximum atomic E-state index is 8.79. The SMILES string of the molecule is C=CC(CCCO)O[Si](C)(C)C(C)(C)C. The minimum atomic E-state index is -1.69. The van der Waals surface area contributed by atoms with E-state index >= 15 is 0 Å². The molecule has 0 rings (SSSR count). The van der Waals surface area contributed by atoms with E-state index in [2.05, 4.69) is 40.4 Å². The molecule has 0 spiro atoms. The third-order valence-electron chi connectivity index (χ3n) is 3.16. The van der Waals surface area contributed by atoms with E-state index in [-0.39, 0.29) is 17.7 Å². The highest BCUT2D eigenvalue weighted by Crippen LogP contribution is 2.37. The van der Waals surface area contributed by atoms with Crippen molar-refractivity contribution >= 4 is 8.32 Å². The molecule has 0 aromatic carbocycles. The van der Waals surface area contributed by atoms with Gasteiger partial charge in [-0.2, -0.15) is 0 Å². The molecular weight excluding hydrogens is 204 g/mol. The molecular formula is C12H26O2Si. The van der Waals surface area contributed by atoms with E-state index in [1.54, 1.807) is 0 Å². The zero-order chi connectivity index (χ0) is 12.1. The molecule has 0 aliphatic carbocycles. The summed E-state index contributed by atoms with van der Waals surface area (Å²) in [6.45, 7) is 15.2. The molecule has 0 fully saturated rings. The van der Waals surface area contributed by atoms with E-state index in [4.69, 9.17) is 9.53 Å². The van der Waals surface area contributed by atoms with Crippen molar-refractivity contribution in [3.63, 3.8) is 0 Å². The second kappa shape index (κ2) is 5.82. The second-order valence-corrected chi connectivity index (χ2v) is 10.3. The maximum Gasteiger partial charge on any atom is 0.192 e. The molecule has 1 atom stereocenters. The van der Waals surface area contributed by atoms with Crippen LogP contribution in [0.4, 0.5) is 0 Å². The average Bonchev–Trinajstić information content (AvgIpc) is 2.10. The Bertz CT molecular complexity index is 194. The largest absolute Gasteiger partial charge is 0.411 e. The van der Waals surface area contributed by atoms with Gasteiger partial charge in [-0.15, -0.1) is 6.58 Å². The van der Waals surface area contributed by atoms with Gasteiger partial charge in [0.2, 0.25) is 0 Å². The van der Waals surface area contributed by atoms with Crippen LogP contribution >= 0.6 is 0 Å². The first-order chi connectivity index (χ1) is 6.74. The Labute approximate surface area is 95.5 Å². The van der Waals surface area contributed by atoms with Gasteiger partial charge in [-0.1, -0.05) is 26.8 Å². The van der Waals surface area contributed by atoms with E-state index in [0.717, 1.165) is 12.8 Å². The summed E-state index contributed by atoms with van der Waals surface area (Å²) in [6, 6.07) is 0. The first-order valence-corrected chi connectivity index (χ1v) is 8.56. The van der Waals surface area contributed by atoms with E-state index in [1.165, 1.54) is 0 Å². The number of aliphatic hydroxyl groups is 1. The smallest absolute Gasteiger partial charge is 0.192 e. The third kappa shape index (κ3) is 4.95. The fourth-order valence-electron chi connectivity index (χ4n) is 1.07. The molecule has 15 heavy (non-hydrogen) atoms. The molecule has 1 N–H and O–H groups in total. The van der Waals surface area contributed by atoms with Crippen LogP contribution in [0.25, 0.3) is 0 Å². The van der Waals surface area contributed by atoms with E-state index in [0.29, 0.717) is 0 Å². The molecule has 0 aromatic rings. The van der Waals surface area contributed by atoms with Crippen molar-refractivity contribution in [2.75, 3.05) is 6.61 Å². The quantitative estimate of drug-likeness (QED) is 0.560. The molecule has 0 bridgehead atoms. The van der Waals surface area contributed by atoms with Crippen LogP contribution in [0.2, 0.25) is 18.1 Å². The summed E-state index contributed by atoms with van der Waals surface area (Å²) in [5.74, 6) is 0. The molecule has 0 aromatic heterocycles. The predicted octanol–water partition coefficient (Wildman–Crippen LogP) is 3.34. The highest BCUT2D eigenvalue weighted by molar-refractivity contribution is 6.74. The van der Waals surface area contributed by atoms with Gasteiger partial charge in [0.15, 0.2) is 8.32 Å². The molecule has 0 heterocycles. The summed E-state index contributed by atoms with van der Waals surface area (Å²) in [5, 5.41) is 9.02. The molecule has 2 nitrogen and oxygen atoms in total. The Morgan fingerprint density at radius 1 is 1.40 bits per heavy atom. The Balaban J connectivity index is 4.34. The van der Waals surface area contributed by atoms with E-state index in [9.17, 15) is 0 Å². The Kier molecular flexibility index (Phi) is 5.78. The molecule has 1 unspecified atom stereocenters. The summed E-state index contributed by atoms with van der Waals surface area (Å²) in [4.78, 5) is 0. The van der Waals surface area contributed by atoms with Crippen molar-refractivity contribution in [2.45, 2.75) is 57.8 Å². The zero-order valence-corrected chi connectivity index (χ0v) is 11.8. The van der Waals surface area contributed by atoms with E-state index < -0.39 is 8.32 Å². The van der Waals surface area contributed by atoms with Gasteiger partial charge in [0.25, 0.3) is 0 Å². The molecule has 0 saturated carbocycles. The summed E-state index contributed by atoms with van der Waals surface area (Å²) >= 11 is 0. The van der Waals surface area contributed by atoms with E-state index in [1.807, 2.05) is 6.08 Å². The molecule has 0 radical (unpaired) electrons. The van der Waals surface area contributed by atoms with Crippen molar-refractivity contribution in [2.24, 2.45) is 0 Å². The van der Waals surface area contributed by atoms with Crippen LogP contribution in [0, 0.1) is 0 Å². The first kappa shape index (κ1) is 14.9. The number of hydrogen-bond acceptors (Lipinski definition) is 2. The fourth-order valence-corrected chi connectivity index (χ4v) is 2.40. The molecule has 0 saturated heterocycles. The van der Waals surface area contributed by atoms with Crippen LogP contribution in [0.15, 0.2) is 12.7 Å². The van der Waals surface area contributed by atoms with Crippen LogP contribution in [0.3, 0.4) is 0 Å². The minimum absolute atomic E-state index is 0.0954. The molecule has 0 aliphatic rings. The number of aliphatic hydroxyl groups excluding tert-OH is 1. The molecule has 0 aliphatic heterocycles. The summed E-state index contributed by atoms with van der Waals surface area (Å²) in [5.41, 5.74) is 0. The van der Waals surface area contributed by atoms with Crippen LogP contribution < -0.4 is 0 Å². The lowest BCUT2D eigenvalue weighted by Gasteiger charge is -2.38. The second-order valence-electron chi connectivity index (χ2n) is 5.52. The highest BCUT2D eigenvalue weighted by Gasteiger charge is 2.38. The molecule has 3 heteroatoms. The van der Waals surface area contributed by atoms with Crippen molar-refractivity contribution in [3.8, 4) is 0 Å². The van der Waals surface area contributed by atoms with Gasteiger partial charge in [-0.05, 0) is 31.0 Å². The van der Waals surface area contributed by atoms with Gasteiger partial charge in [0.05, 0.1) is 6.10 Å². The van der Waals surface area contributed by atoms with Crippen LogP contribution in [-0.2, 0) is 4.43 Å². The van der Waals surface area contributed by atoms with Gasteiger partial charge in [-0.3, -0.25) is 0 Å². The van der Waals surface area contributed by atoms with Crippen LogP contribution in [0.5, 0.6) is 0 Å². The summed E-state index contributed by atoms with van der Waals surface area (Å²) in [6.07, 6.45) is 3.60. The average molecular weight is 230 g/mol. The number of rotatable bonds is 6. The van der Waals surface area contributed by atoms with Gasteiger partial charge < -0.3 is 9.53 Å². The third-order valence-corrected chi connectivity index (χ3v) is 7.67. The lowest BCUT2D eigenvalue weighted by molar-refractivity contribution is 0.194. The summed E-state index contributed by atoms with van der Waals surface area (Å²) in [7, 11) is -1.69. The predicted molar refractivity (Wildman–Crippen MR) is 68.6 cm³/mol. The van der Waals surface area contributed by atoms with Crippen LogP contribution in [0.1, 0.15) is 33.6 Å². The highest BCUT2D eigenvalue weighted by atomic mass is 28.4. The van der Waals surface area contributed by atoms with Gasteiger partial charge in [0.1, 0.15) is 0 Å².